The maximum atomic E-state index is 6.02. The average molecular weight is 418 g/mol. The van der Waals surface area contributed by atoms with Gasteiger partial charge in [-0.15, -0.1) is 11.3 Å². The first-order chi connectivity index (χ1) is 14.6. The smallest absolute Gasteiger partial charge is 0.218 e. The van der Waals surface area contributed by atoms with E-state index in [4.69, 9.17) is 9.72 Å². The van der Waals surface area contributed by atoms with Gasteiger partial charge < -0.3 is 10.1 Å². The van der Waals surface area contributed by atoms with Crippen molar-refractivity contribution in [2.75, 3.05) is 11.9 Å². The number of aryl methyl sites for hydroxylation is 2. The lowest BCUT2D eigenvalue weighted by atomic mass is 10.1. The normalized spacial score (nSPS) is 17.8. The van der Waals surface area contributed by atoms with Crippen molar-refractivity contribution in [3.8, 4) is 5.88 Å². The summed E-state index contributed by atoms with van der Waals surface area (Å²) in [6.45, 7) is 5.23. The second-order valence-corrected chi connectivity index (χ2v) is 9.00. The molecule has 152 valence electrons. The summed E-state index contributed by atoms with van der Waals surface area (Å²) in [5.74, 6) is 3.02. The van der Waals surface area contributed by atoms with Crippen LogP contribution >= 0.6 is 11.3 Å². The number of rotatable bonds is 7. The highest BCUT2D eigenvalue weighted by Gasteiger charge is 2.40. The molecule has 1 aromatic carbocycles. The van der Waals surface area contributed by atoms with Gasteiger partial charge in [0.2, 0.25) is 5.88 Å². The molecule has 1 fully saturated rings. The Morgan fingerprint density at radius 1 is 1.10 bits per heavy atom. The molecular weight excluding hydrogens is 394 g/mol. The van der Waals surface area contributed by atoms with E-state index in [1.165, 1.54) is 10.3 Å². The number of nitrogens with one attached hydrogen (secondary N) is 1. The van der Waals surface area contributed by atoms with Crippen LogP contribution in [0, 0.1) is 19.8 Å². The molecular formula is C23H23N5OS. The van der Waals surface area contributed by atoms with Crippen LogP contribution in [0.4, 0.5) is 5.82 Å². The predicted octanol–water partition coefficient (Wildman–Crippen LogP) is 4.89. The Bertz CT molecular complexity index is 1190. The fourth-order valence-electron chi connectivity index (χ4n) is 3.64. The van der Waals surface area contributed by atoms with Gasteiger partial charge in [-0.25, -0.2) is 9.97 Å². The monoisotopic (exact) mass is 417 g/mol. The van der Waals surface area contributed by atoms with Crippen molar-refractivity contribution in [2.24, 2.45) is 5.92 Å². The molecule has 0 aliphatic heterocycles. The van der Waals surface area contributed by atoms with Crippen LogP contribution in [-0.2, 0) is 6.54 Å². The number of fused-ring (bicyclic) bond motifs is 1. The van der Waals surface area contributed by atoms with Gasteiger partial charge in [0.05, 0.1) is 23.7 Å². The van der Waals surface area contributed by atoms with Crippen LogP contribution < -0.4 is 10.1 Å². The minimum atomic E-state index is 0.463. The lowest BCUT2D eigenvalue weighted by molar-refractivity contribution is 0.284. The van der Waals surface area contributed by atoms with Gasteiger partial charge in [0, 0.05) is 40.1 Å². The van der Waals surface area contributed by atoms with E-state index in [2.05, 4.69) is 44.5 Å². The SMILES string of the molecule is Cc1nc(NCc2cnc(C)s2)cc(OCC2CC2c2ccc3ccccc3n2)n1. The molecule has 7 heteroatoms. The third-order valence-corrected chi connectivity index (χ3v) is 6.21. The highest BCUT2D eigenvalue weighted by molar-refractivity contribution is 7.11. The third-order valence-electron chi connectivity index (χ3n) is 5.30. The minimum absolute atomic E-state index is 0.463. The van der Waals surface area contributed by atoms with Gasteiger partial charge in [-0.05, 0) is 32.4 Å². The summed E-state index contributed by atoms with van der Waals surface area (Å²) in [7, 11) is 0. The number of pyridine rings is 1. The van der Waals surface area contributed by atoms with Crippen LogP contribution in [0.25, 0.3) is 10.9 Å². The zero-order chi connectivity index (χ0) is 20.5. The third kappa shape index (κ3) is 4.26. The Labute approximate surface area is 179 Å². The van der Waals surface area contributed by atoms with E-state index in [0.29, 0.717) is 36.7 Å². The number of anilines is 1. The summed E-state index contributed by atoms with van der Waals surface area (Å²) in [5.41, 5.74) is 2.21. The fraction of sp³-hybridized carbons (Fsp3) is 0.304. The number of hydrogen-bond donors (Lipinski definition) is 1. The number of thiazole rings is 1. The number of hydrogen-bond acceptors (Lipinski definition) is 7. The molecule has 6 nitrogen and oxygen atoms in total. The molecule has 0 amide bonds. The van der Waals surface area contributed by atoms with Gasteiger partial charge in [0.15, 0.2) is 0 Å². The first-order valence-electron chi connectivity index (χ1n) is 10.1. The van der Waals surface area contributed by atoms with Gasteiger partial charge in [0.1, 0.15) is 11.6 Å². The first-order valence-corrected chi connectivity index (χ1v) is 10.9. The zero-order valence-electron chi connectivity index (χ0n) is 17.0. The molecule has 2 atom stereocenters. The van der Waals surface area contributed by atoms with Crippen molar-refractivity contribution in [1.29, 1.82) is 0 Å². The highest BCUT2D eigenvalue weighted by atomic mass is 32.1. The van der Waals surface area contributed by atoms with Crippen LogP contribution in [0.2, 0.25) is 0 Å². The number of para-hydroxylation sites is 1. The van der Waals surface area contributed by atoms with Crippen molar-refractivity contribution < 1.29 is 4.74 Å². The lowest BCUT2D eigenvalue weighted by Gasteiger charge is -2.09. The topological polar surface area (TPSA) is 72.8 Å². The predicted molar refractivity (Wildman–Crippen MR) is 119 cm³/mol. The van der Waals surface area contributed by atoms with Crippen molar-refractivity contribution in [2.45, 2.75) is 32.7 Å². The Balaban J connectivity index is 1.19. The van der Waals surface area contributed by atoms with E-state index in [0.717, 1.165) is 28.5 Å². The molecule has 0 spiro atoms. The molecule has 1 N–H and O–H groups in total. The lowest BCUT2D eigenvalue weighted by Crippen LogP contribution is -2.07. The van der Waals surface area contributed by atoms with Crippen molar-refractivity contribution in [3.63, 3.8) is 0 Å². The molecule has 1 aliphatic carbocycles. The van der Waals surface area contributed by atoms with Crippen molar-refractivity contribution >= 4 is 28.1 Å². The van der Waals surface area contributed by atoms with Gasteiger partial charge in [-0.1, -0.05) is 24.3 Å². The Morgan fingerprint density at radius 2 is 2.00 bits per heavy atom. The molecule has 2 unspecified atom stereocenters. The maximum absolute atomic E-state index is 6.02. The molecule has 0 saturated heterocycles. The van der Waals surface area contributed by atoms with Crippen LogP contribution in [-0.4, -0.2) is 26.5 Å². The number of nitrogens with zero attached hydrogens (tertiary/aromatic N) is 4. The van der Waals surface area contributed by atoms with E-state index in [9.17, 15) is 0 Å². The van der Waals surface area contributed by atoms with E-state index in [-0.39, 0.29) is 0 Å². The number of aromatic nitrogens is 4. The summed E-state index contributed by atoms with van der Waals surface area (Å²) < 4.78 is 6.02. The first kappa shape index (κ1) is 18.9. The quantitative estimate of drug-likeness (QED) is 0.461. The van der Waals surface area contributed by atoms with Crippen LogP contribution in [0.3, 0.4) is 0 Å². The second kappa shape index (κ2) is 7.99. The summed E-state index contributed by atoms with van der Waals surface area (Å²) in [4.78, 5) is 19.2. The minimum Gasteiger partial charge on any atom is -0.477 e. The molecule has 1 aliphatic rings. The highest BCUT2D eigenvalue weighted by Crippen LogP contribution is 2.47. The molecule has 3 heterocycles. The summed E-state index contributed by atoms with van der Waals surface area (Å²) >= 11 is 1.68. The molecule has 5 rings (SSSR count). The van der Waals surface area contributed by atoms with Gasteiger partial charge in [-0.3, -0.25) is 4.98 Å². The maximum Gasteiger partial charge on any atom is 0.218 e. The Kier molecular flexibility index (Phi) is 5.04. The molecule has 30 heavy (non-hydrogen) atoms. The van der Waals surface area contributed by atoms with Crippen LogP contribution in [0.5, 0.6) is 5.88 Å². The largest absolute Gasteiger partial charge is 0.477 e. The second-order valence-electron chi connectivity index (χ2n) is 7.68. The van der Waals surface area contributed by atoms with Crippen molar-refractivity contribution in [1.82, 2.24) is 19.9 Å². The van der Waals surface area contributed by atoms with E-state index in [1.807, 2.05) is 38.2 Å². The molecule has 3 aromatic heterocycles. The number of benzene rings is 1. The fourth-order valence-corrected chi connectivity index (χ4v) is 4.38. The summed E-state index contributed by atoms with van der Waals surface area (Å²) in [6, 6.07) is 14.4. The molecule has 1 saturated carbocycles. The Morgan fingerprint density at radius 3 is 2.87 bits per heavy atom. The van der Waals surface area contributed by atoms with Crippen LogP contribution in [0.15, 0.2) is 48.7 Å². The Hall–Kier alpha value is -3.06. The average Bonchev–Trinajstić information content (AvgIpc) is 3.42. The van der Waals surface area contributed by atoms with Crippen LogP contribution in [0.1, 0.15) is 33.7 Å². The van der Waals surface area contributed by atoms with E-state index in [1.54, 1.807) is 11.3 Å². The zero-order valence-corrected chi connectivity index (χ0v) is 17.8. The summed E-state index contributed by atoms with van der Waals surface area (Å²) in [5, 5.41) is 5.58. The van der Waals surface area contributed by atoms with Gasteiger partial charge in [-0.2, -0.15) is 4.98 Å². The van der Waals surface area contributed by atoms with Gasteiger partial charge in [0.25, 0.3) is 0 Å². The molecule has 0 bridgehead atoms. The summed E-state index contributed by atoms with van der Waals surface area (Å²) in [6.07, 6.45) is 3.00. The standard InChI is InChI=1S/C23H23N5OS/c1-14-26-22(25-12-18-11-24-15(2)30-18)10-23(27-14)29-13-17-9-19(17)21-8-7-16-5-3-4-6-20(16)28-21/h3-8,10-11,17,19H,9,12-13H2,1-2H3,(H,25,26,27). The van der Waals surface area contributed by atoms with Crippen molar-refractivity contribution in [3.05, 3.63) is 70.1 Å². The van der Waals surface area contributed by atoms with E-state index >= 15 is 0 Å². The number of ether oxygens (including phenoxy) is 1. The van der Waals surface area contributed by atoms with Gasteiger partial charge >= 0.3 is 0 Å². The molecule has 0 radical (unpaired) electrons. The van der Waals surface area contributed by atoms with E-state index < -0.39 is 0 Å². The molecule has 4 aromatic rings.